The highest BCUT2D eigenvalue weighted by Gasteiger charge is 2.33. The minimum absolute atomic E-state index is 0.00358. The number of nitrogens with one attached hydrogen (secondary N) is 1. The molecule has 0 heterocycles. The van der Waals surface area contributed by atoms with Gasteiger partial charge in [0.2, 0.25) is 11.8 Å². The molecule has 2 amide bonds. The quantitative estimate of drug-likeness (QED) is 0.374. The van der Waals surface area contributed by atoms with E-state index in [9.17, 15) is 18.0 Å². The summed E-state index contributed by atoms with van der Waals surface area (Å²) in [5.74, 6) is -0.430. The molecule has 0 fully saturated rings. The second kappa shape index (κ2) is 12.5. The van der Waals surface area contributed by atoms with Crippen LogP contribution in [-0.2, 0) is 26.2 Å². The van der Waals surface area contributed by atoms with Gasteiger partial charge in [0.25, 0.3) is 10.0 Å². The normalized spacial score (nSPS) is 12.4. The van der Waals surface area contributed by atoms with Crippen molar-refractivity contribution in [3.63, 3.8) is 0 Å². The molecule has 0 bridgehead atoms. The predicted molar refractivity (Wildman–Crippen MR) is 153 cm³/mol. The zero-order valence-electron chi connectivity index (χ0n) is 22.7. The van der Waals surface area contributed by atoms with Crippen LogP contribution in [-0.4, -0.2) is 50.4 Å². The van der Waals surface area contributed by atoms with E-state index < -0.39 is 34.1 Å². The van der Waals surface area contributed by atoms with Crippen LogP contribution in [0.25, 0.3) is 0 Å². The van der Waals surface area contributed by atoms with E-state index in [1.807, 2.05) is 20.8 Å². The van der Waals surface area contributed by atoms with E-state index in [2.05, 4.69) is 5.32 Å². The van der Waals surface area contributed by atoms with Crippen molar-refractivity contribution in [2.75, 3.05) is 18.0 Å². The van der Waals surface area contributed by atoms with Gasteiger partial charge in [-0.3, -0.25) is 13.9 Å². The number of hydrogen-bond donors (Lipinski definition) is 1. The first-order valence-corrected chi connectivity index (χ1v) is 14.2. The molecule has 3 aromatic rings. The maximum absolute atomic E-state index is 13.9. The van der Waals surface area contributed by atoms with Crippen molar-refractivity contribution in [1.29, 1.82) is 0 Å². The highest BCUT2D eigenvalue weighted by molar-refractivity contribution is 7.92. The topological polar surface area (TPSA) is 96.0 Å². The monoisotopic (exact) mass is 571 g/mol. The van der Waals surface area contributed by atoms with Gasteiger partial charge in [0.15, 0.2) is 0 Å². The fourth-order valence-corrected chi connectivity index (χ4v) is 5.47. The molecule has 0 radical (unpaired) electrons. The van der Waals surface area contributed by atoms with Gasteiger partial charge in [-0.05, 0) is 75.7 Å². The Morgan fingerprint density at radius 3 is 2.10 bits per heavy atom. The minimum Gasteiger partial charge on any atom is -0.497 e. The summed E-state index contributed by atoms with van der Waals surface area (Å²) in [7, 11) is -2.67. The van der Waals surface area contributed by atoms with Crippen LogP contribution in [0, 0.1) is 0 Å². The smallest absolute Gasteiger partial charge is 0.264 e. The predicted octanol–water partition coefficient (Wildman–Crippen LogP) is 4.88. The van der Waals surface area contributed by atoms with E-state index in [4.69, 9.17) is 16.3 Å². The maximum Gasteiger partial charge on any atom is 0.264 e. The van der Waals surface area contributed by atoms with Gasteiger partial charge in [0, 0.05) is 17.1 Å². The van der Waals surface area contributed by atoms with Crippen molar-refractivity contribution in [1.82, 2.24) is 10.2 Å². The molecule has 0 saturated carbocycles. The van der Waals surface area contributed by atoms with Crippen LogP contribution >= 0.6 is 11.6 Å². The molecular formula is C29H34ClN3O5S. The van der Waals surface area contributed by atoms with Crippen LogP contribution in [0.5, 0.6) is 5.75 Å². The molecule has 1 atom stereocenters. The van der Waals surface area contributed by atoms with Gasteiger partial charge in [-0.25, -0.2) is 8.42 Å². The van der Waals surface area contributed by atoms with E-state index in [0.717, 1.165) is 4.31 Å². The molecular weight excluding hydrogens is 538 g/mol. The summed E-state index contributed by atoms with van der Waals surface area (Å²) < 4.78 is 33.8. The highest BCUT2D eigenvalue weighted by atomic mass is 35.5. The summed E-state index contributed by atoms with van der Waals surface area (Å²) >= 11 is 6.39. The van der Waals surface area contributed by atoms with Crippen LogP contribution < -0.4 is 14.4 Å². The molecule has 10 heteroatoms. The number of hydrogen-bond acceptors (Lipinski definition) is 5. The lowest BCUT2D eigenvalue weighted by molar-refractivity contribution is -0.140. The molecule has 3 rings (SSSR count). The number of sulfonamides is 1. The van der Waals surface area contributed by atoms with Gasteiger partial charge < -0.3 is 15.0 Å². The third kappa shape index (κ3) is 7.74. The lowest BCUT2D eigenvalue weighted by Crippen LogP contribution is -2.54. The van der Waals surface area contributed by atoms with Crippen molar-refractivity contribution in [2.24, 2.45) is 0 Å². The van der Waals surface area contributed by atoms with Crippen LogP contribution in [0.2, 0.25) is 5.02 Å². The summed E-state index contributed by atoms with van der Waals surface area (Å²) in [6, 6.07) is 20.4. The Hall–Kier alpha value is -3.56. The lowest BCUT2D eigenvalue weighted by Gasteiger charge is -2.33. The lowest BCUT2D eigenvalue weighted by atomic mass is 10.1. The van der Waals surface area contributed by atoms with E-state index in [-0.39, 0.29) is 17.3 Å². The Morgan fingerprint density at radius 1 is 0.949 bits per heavy atom. The van der Waals surface area contributed by atoms with Gasteiger partial charge in [0.1, 0.15) is 18.3 Å². The van der Waals surface area contributed by atoms with Gasteiger partial charge in [-0.1, -0.05) is 48.0 Å². The largest absolute Gasteiger partial charge is 0.497 e. The molecule has 0 aliphatic rings. The molecule has 0 unspecified atom stereocenters. The molecule has 0 aliphatic carbocycles. The standard InChI is InChI=1S/C29H34ClN3O5S/c1-21(28(35)31-29(2,3)4)32(19-22-11-9-10-14-26(22)30)27(34)20-33(23-12-7-6-8-13-23)39(36,37)25-17-15-24(38-5)16-18-25/h6-18,21H,19-20H2,1-5H3,(H,31,35)/t21-/m1/s1. The number of nitrogens with zero attached hydrogens (tertiary/aromatic N) is 2. The third-order valence-electron chi connectivity index (χ3n) is 5.93. The Labute approximate surface area is 235 Å². The fraction of sp³-hybridized carbons (Fsp3) is 0.310. The van der Waals surface area contributed by atoms with Crippen molar-refractivity contribution in [3.8, 4) is 5.75 Å². The zero-order valence-corrected chi connectivity index (χ0v) is 24.3. The van der Waals surface area contributed by atoms with E-state index >= 15 is 0 Å². The zero-order chi connectivity index (χ0) is 28.8. The molecule has 208 valence electrons. The number of methoxy groups -OCH3 is 1. The number of anilines is 1. The van der Waals surface area contributed by atoms with Crippen LogP contribution in [0.3, 0.4) is 0 Å². The highest BCUT2D eigenvalue weighted by Crippen LogP contribution is 2.26. The maximum atomic E-state index is 13.9. The number of halogens is 1. The van der Waals surface area contributed by atoms with Gasteiger partial charge in [0.05, 0.1) is 17.7 Å². The van der Waals surface area contributed by atoms with Crippen molar-refractivity contribution < 1.29 is 22.7 Å². The summed E-state index contributed by atoms with van der Waals surface area (Å²) in [5.41, 5.74) is 0.413. The first kappa shape index (κ1) is 30.0. The number of ether oxygens (including phenoxy) is 1. The molecule has 8 nitrogen and oxygen atoms in total. The number of carbonyl (C=O) groups is 2. The minimum atomic E-state index is -4.16. The van der Waals surface area contributed by atoms with Gasteiger partial charge >= 0.3 is 0 Å². The molecule has 0 spiro atoms. The Morgan fingerprint density at radius 2 is 1.54 bits per heavy atom. The van der Waals surface area contributed by atoms with Crippen molar-refractivity contribution in [2.45, 2.75) is 50.7 Å². The van der Waals surface area contributed by atoms with Crippen LogP contribution in [0.4, 0.5) is 5.69 Å². The van der Waals surface area contributed by atoms with E-state index in [0.29, 0.717) is 22.0 Å². The first-order valence-electron chi connectivity index (χ1n) is 12.4. The average Bonchev–Trinajstić information content (AvgIpc) is 2.90. The molecule has 1 N–H and O–H groups in total. The fourth-order valence-electron chi connectivity index (χ4n) is 3.86. The molecule has 0 aromatic heterocycles. The Kier molecular flexibility index (Phi) is 9.63. The number of amides is 2. The molecule has 39 heavy (non-hydrogen) atoms. The SMILES string of the molecule is COc1ccc(S(=O)(=O)N(CC(=O)N(Cc2ccccc2Cl)[C@H](C)C(=O)NC(C)(C)C)c2ccccc2)cc1. The summed E-state index contributed by atoms with van der Waals surface area (Å²) in [6.07, 6.45) is 0. The summed E-state index contributed by atoms with van der Waals surface area (Å²) in [6.45, 7) is 6.63. The van der Waals surface area contributed by atoms with Crippen LogP contribution in [0.15, 0.2) is 83.8 Å². The number of para-hydroxylation sites is 1. The van der Waals surface area contributed by atoms with Gasteiger partial charge in [-0.2, -0.15) is 0 Å². The second-order valence-electron chi connectivity index (χ2n) is 10.1. The average molecular weight is 572 g/mol. The number of carbonyl (C=O) groups excluding carboxylic acids is 2. The number of benzene rings is 3. The molecule has 0 saturated heterocycles. The van der Waals surface area contributed by atoms with Crippen molar-refractivity contribution in [3.05, 3.63) is 89.4 Å². The Bertz CT molecular complexity index is 1390. The summed E-state index contributed by atoms with van der Waals surface area (Å²) in [5, 5.41) is 3.33. The summed E-state index contributed by atoms with van der Waals surface area (Å²) in [4.78, 5) is 28.4. The second-order valence-corrected chi connectivity index (χ2v) is 12.3. The molecule has 0 aliphatic heterocycles. The van der Waals surface area contributed by atoms with E-state index in [1.54, 1.807) is 73.7 Å². The first-order chi connectivity index (χ1) is 18.3. The van der Waals surface area contributed by atoms with Crippen molar-refractivity contribution >= 4 is 39.1 Å². The number of rotatable bonds is 10. The van der Waals surface area contributed by atoms with Crippen LogP contribution in [0.1, 0.15) is 33.3 Å². The third-order valence-corrected chi connectivity index (χ3v) is 8.09. The molecule has 3 aromatic carbocycles. The van der Waals surface area contributed by atoms with E-state index in [1.165, 1.54) is 24.1 Å². The van der Waals surface area contributed by atoms with Gasteiger partial charge in [-0.15, -0.1) is 0 Å². The Balaban J connectivity index is 2.02.